The van der Waals surface area contributed by atoms with E-state index in [4.69, 9.17) is 14.2 Å². The van der Waals surface area contributed by atoms with Crippen molar-refractivity contribution in [3.8, 4) is 11.6 Å². The molecule has 0 radical (unpaired) electrons. The van der Waals surface area contributed by atoms with Gasteiger partial charge in [0, 0.05) is 18.2 Å². The Bertz CT molecular complexity index is 854. The largest absolute Gasteiger partial charge is 0.444 e. The first-order valence-electron chi connectivity index (χ1n) is 9.07. The first-order valence-corrected chi connectivity index (χ1v) is 9.07. The van der Waals surface area contributed by atoms with Crippen LogP contribution in [0, 0.1) is 12.7 Å². The number of benzene rings is 1. The summed E-state index contributed by atoms with van der Waals surface area (Å²) in [4.78, 5) is 13.9. The summed E-state index contributed by atoms with van der Waals surface area (Å²) in [7, 11) is 0. The molecule has 1 amide bonds. The molecule has 1 atom stereocenters. The molecule has 0 N–H and O–H groups in total. The van der Waals surface area contributed by atoms with Gasteiger partial charge in [-0.2, -0.15) is 5.10 Å². The van der Waals surface area contributed by atoms with E-state index in [-0.39, 0.29) is 13.2 Å². The van der Waals surface area contributed by atoms with Crippen molar-refractivity contribution in [2.24, 2.45) is 0 Å². The third-order valence-electron chi connectivity index (χ3n) is 4.02. The summed E-state index contributed by atoms with van der Waals surface area (Å²) in [5.74, 6) is 0.297. The van der Waals surface area contributed by atoms with Crippen molar-refractivity contribution in [2.45, 2.75) is 39.4 Å². The Morgan fingerprint density at radius 2 is 2.11 bits per heavy atom. The molecule has 0 bridgehead atoms. The Kier molecular flexibility index (Phi) is 5.79. The van der Waals surface area contributed by atoms with E-state index in [0.717, 1.165) is 5.56 Å². The fourth-order valence-electron chi connectivity index (χ4n) is 2.77. The van der Waals surface area contributed by atoms with E-state index in [1.165, 1.54) is 17.0 Å². The molecule has 2 heterocycles. The lowest BCUT2D eigenvalue weighted by Gasteiger charge is -2.34. The predicted molar refractivity (Wildman–Crippen MR) is 99.7 cm³/mol. The molecule has 2 aromatic rings. The van der Waals surface area contributed by atoms with Gasteiger partial charge in [-0.05, 0) is 51.5 Å². The Labute approximate surface area is 163 Å². The number of ether oxygens (including phenoxy) is 3. The zero-order valence-corrected chi connectivity index (χ0v) is 16.4. The SMILES string of the molecule is Cc1cnnc(Oc2ccc(F)c([C@@H]3CN(C(=O)OC(C)(C)C)CCO3)c2)c1. The van der Waals surface area contributed by atoms with Crippen LogP contribution in [-0.4, -0.2) is 46.5 Å². The van der Waals surface area contributed by atoms with Crippen LogP contribution >= 0.6 is 0 Å². The van der Waals surface area contributed by atoms with Crippen molar-refractivity contribution < 1.29 is 23.4 Å². The second-order valence-corrected chi connectivity index (χ2v) is 7.64. The van der Waals surface area contributed by atoms with Crippen LogP contribution in [0.5, 0.6) is 11.6 Å². The Morgan fingerprint density at radius 1 is 1.32 bits per heavy atom. The second kappa shape index (κ2) is 8.10. The van der Waals surface area contributed by atoms with Gasteiger partial charge in [0.25, 0.3) is 0 Å². The normalized spacial score (nSPS) is 17.3. The zero-order chi connectivity index (χ0) is 20.3. The highest BCUT2D eigenvalue weighted by atomic mass is 19.1. The molecule has 1 aliphatic rings. The van der Waals surface area contributed by atoms with Gasteiger partial charge in [0.05, 0.1) is 19.3 Å². The molecule has 1 aliphatic heterocycles. The van der Waals surface area contributed by atoms with Crippen molar-refractivity contribution in [1.82, 2.24) is 15.1 Å². The van der Waals surface area contributed by atoms with Gasteiger partial charge in [-0.15, -0.1) is 5.10 Å². The van der Waals surface area contributed by atoms with E-state index in [1.807, 2.05) is 6.92 Å². The van der Waals surface area contributed by atoms with Crippen LogP contribution in [0.4, 0.5) is 9.18 Å². The fraction of sp³-hybridized carbons (Fsp3) is 0.450. The Morgan fingerprint density at radius 3 is 2.82 bits per heavy atom. The first kappa shape index (κ1) is 20.0. The quantitative estimate of drug-likeness (QED) is 0.789. The molecular formula is C20H24FN3O4. The molecule has 7 nitrogen and oxygen atoms in total. The van der Waals surface area contributed by atoms with Crippen LogP contribution in [0.2, 0.25) is 0 Å². The van der Waals surface area contributed by atoms with Crippen LogP contribution in [0.3, 0.4) is 0 Å². The lowest BCUT2D eigenvalue weighted by molar-refractivity contribution is -0.0444. The summed E-state index contributed by atoms with van der Waals surface area (Å²) in [5.41, 5.74) is 0.612. The smallest absolute Gasteiger partial charge is 0.410 e. The van der Waals surface area contributed by atoms with Gasteiger partial charge in [-0.1, -0.05) is 0 Å². The number of hydrogen-bond acceptors (Lipinski definition) is 6. The summed E-state index contributed by atoms with van der Waals surface area (Å²) in [5, 5.41) is 7.74. The summed E-state index contributed by atoms with van der Waals surface area (Å²) in [6.07, 6.45) is 0.557. The molecule has 0 saturated carbocycles. The van der Waals surface area contributed by atoms with E-state index in [9.17, 15) is 9.18 Å². The molecule has 0 spiro atoms. The number of amides is 1. The van der Waals surface area contributed by atoms with Crippen LogP contribution < -0.4 is 4.74 Å². The highest BCUT2D eigenvalue weighted by Gasteiger charge is 2.30. The second-order valence-electron chi connectivity index (χ2n) is 7.64. The predicted octanol–water partition coefficient (Wildman–Crippen LogP) is 4.02. The minimum atomic E-state index is -0.617. The van der Waals surface area contributed by atoms with Crippen LogP contribution in [0.15, 0.2) is 30.5 Å². The van der Waals surface area contributed by atoms with Crippen molar-refractivity contribution >= 4 is 6.09 Å². The standard InChI is InChI=1S/C20H24FN3O4/c1-13-9-18(23-22-11-13)27-14-5-6-16(21)15(10-14)17-12-24(7-8-26-17)19(25)28-20(2,3)4/h5-6,9-11,17H,7-8,12H2,1-4H3/t17-/m0/s1. The van der Waals surface area contributed by atoms with E-state index in [1.54, 1.807) is 39.1 Å². The molecule has 28 heavy (non-hydrogen) atoms. The lowest BCUT2D eigenvalue weighted by atomic mass is 10.1. The van der Waals surface area contributed by atoms with E-state index < -0.39 is 23.6 Å². The van der Waals surface area contributed by atoms with Gasteiger partial charge in [0.15, 0.2) is 0 Å². The number of rotatable bonds is 3. The summed E-state index contributed by atoms with van der Waals surface area (Å²) in [6, 6.07) is 6.11. The minimum absolute atomic E-state index is 0.194. The van der Waals surface area contributed by atoms with Crippen molar-refractivity contribution in [3.05, 3.63) is 47.4 Å². The molecule has 1 aromatic heterocycles. The average Bonchev–Trinajstić information content (AvgIpc) is 2.62. The van der Waals surface area contributed by atoms with Crippen molar-refractivity contribution in [1.29, 1.82) is 0 Å². The third-order valence-corrected chi connectivity index (χ3v) is 4.02. The number of carbonyl (C=O) groups excluding carboxylic acids is 1. The van der Waals surface area contributed by atoms with Gasteiger partial charge in [-0.25, -0.2) is 9.18 Å². The number of aryl methyl sites for hydroxylation is 1. The number of morpholine rings is 1. The summed E-state index contributed by atoms with van der Waals surface area (Å²) < 4.78 is 31.3. The van der Waals surface area contributed by atoms with Crippen molar-refractivity contribution in [3.63, 3.8) is 0 Å². The summed E-state index contributed by atoms with van der Waals surface area (Å²) >= 11 is 0. The van der Waals surface area contributed by atoms with Crippen LogP contribution in [0.25, 0.3) is 0 Å². The fourth-order valence-corrected chi connectivity index (χ4v) is 2.77. The highest BCUT2D eigenvalue weighted by Crippen LogP contribution is 2.30. The van der Waals surface area contributed by atoms with E-state index >= 15 is 0 Å². The molecule has 1 fully saturated rings. The number of hydrogen-bond donors (Lipinski definition) is 0. The van der Waals surface area contributed by atoms with Crippen LogP contribution in [-0.2, 0) is 9.47 Å². The number of nitrogens with zero attached hydrogens (tertiary/aromatic N) is 3. The number of aromatic nitrogens is 2. The highest BCUT2D eigenvalue weighted by molar-refractivity contribution is 5.68. The number of carbonyl (C=O) groups is 1. The molecule has 8 heteroatoms. The zero-order valence-electron chi connectivity index (χ0n) is 16.4. The molecule has 0 unspecified atom stereocenters. The monoisotopic (exact) mass is 389 g/mol. The van der Waals surface area contributed by atoms with Gasteiger partial charge >= 0.3 is 6.09 Å². The third kappa shape index (κ3) is 5.16. The molecule has 3 rings (SSSR count). The topological polar surface area (TPSA) is 73.8 Å². The summed E-state index contributed by atoms with van der Waals surface area (Å²) in [6.45, 7) is 8.16. The maximum atomic E-state index is 14.5. The average molecular weight is 389 g/mol. The lowest BCUT2D eigenvalue weighted by Crippen LogP contribution is -2.44. The van der Waals surface area contributed by atoms with Gasteiger partial charge in [-0.3, -0.25) is 0 Å². The van der Waals surface area contributed by atoms with Gasteiger partial charge < -0.3 is 19.1 Å². The Balaban J connectivity index is 1.76. The van der Waals surface area contributed by atoms with Crippen LogP contribution in [0.1, 0.15) is 38.0 Å². The maximum Gasteiger partial charge on any atom is 0.410 e. The van der Waals surface area contributed by atoms with E-state index in [0.29, 0.717) is 23.7 Å². The molecule has 1 saturated heterocycles. The van der Waals surface area contributed by atoms with Crippen molar-refractivity contribution in [2.75, 3.05) is 19.7 Å². The molecule has 0 aliphatic carbocycles. The maximum absolute atomic E-state index is 14.5. The first-order chi connectivity index (χ1) is 13.2. The van der Waals surface area contributed by atoms with E-state index in [2.05, 4.69) is 10.2 Å². The minimum Gasteiger partial charge on any atom is -0.444 e. The molecule has 150 valence electrons. The number of halogens is 1. The van der Waals surface area contributed by atoms with Gasteiger partial charge in [0.2, 0.25) is 5.88 Å². The molecular weight excluding hydrogens is 365 g/mol. The van der Waals surface area contributed by atoms with Gasteiger partial charge in [0.1, 0.15) is 23.3 Å². The molecule has 1 aromatic carbocycles. The Hall–Kier alpha value is -2.74.